The summed E-state index contributed by atoms with van der Waals surface area (Å²) in [6, 6.07) is 6.33. The molecule has 1 aromatic carbocycles. The van der Waals surface area contributed by atoms with E-state index in [2.05, 4.69) is 30.7 Å². The van der Waals surface area contributed by atoms with Gasteiger partial charge in [-0.1, -0.05) is 17.7 Å². The van der Waals surface area contributed by atoms with Crippen molar-refractivity contribution < 1.29 is 5.11 Å². The lowest BCUT2D eigenvalue weighted by atomic mass is 10.1. The van der Waals surface area contributed by atoms with Gasteiger partial charge in [-0.05, 0) is 38.5 Å². The number of hydrogen-bond donors (Lipinski definition) is 1. The van der Waals surface area contributed by atoms with E-state index < -0.39 is 0 Å². The van der Waals surface area contributed by atoms with Crippen LogP contribution in [0.25, 0.3) is 10.9 Å². The van der Waals surface area contributed by atoms with Gasteiger partial charge in [0, 0.05) is 24.0 Å². The molecule has 1 N–H and O–H groups in total. The van der Waals surface area contributed by atoms with Crippen LogP contribution in [0.5, 0.6) is 0 Å². The van der Waals surface area contributed by atoms with Gasteiger partial charge in [-0.2, -0.15) is 0 Å². The summed E-state index contributed by atoms with van der Waals surface area (Å²) in [5.41, 5.74) is 2.26. The van der Waals surface area contributed by atoms with Crippen molar-refractivity contribution in [1.82, 2.24) is 4.57 Å². The Kier molecular flexibility index (Phi) is 3.45. The molecule has 1 unspecified atom stereocenters. The van der Waals surface area contributed by atoms with Gasteiger partial charge < -0.3 is 9.67 Å². The predicted molar refractivity (Wildman–Crippen MR) is 72.7 cm³/mol. The Hall–Kier alpha value is -0.990. The average Bonchev–Trinajstić information content (AvgIpc) is 2.57. The molecule has 17 heavy (non-hydrogen) atoms. The van der Waals surface area contributed by atoms with E-state index in [1.54, 1.807) is 6.92 Å². The zero-order chi connectivity index (χ0) is 12.6. The molecule has 0 fully saturated rings. The van der Waals surface area contributed by atoms with Gasteiger partial charge >= 0.3 is 0 Å². The molecule has 92 valence electrons. The molecule has 2 nitrogen and oxygen atoms in total. The lowest BCUT2D eigenvalue weighted by Crippen LogP contribution is -2.04. The zero-order valence-corrected chi connectivity index (χ0v) is 11.2. The number of aliphatic hydroxyl groups is 1. The van der Waals surface area contributed by atoms with E-state index in [0.29, 0.717) is 12.5 Å². The quantitative estimate of drug-likeness (QED) is 0.882. The summed E-state index contributed by atoms with van der Waals surface area (Å²) >= 11 is 6.27. The zero-order valence-electron chi connectivity index (χ0n) is 10.4. The Morgan fingerprint density at radius 1 is 1.29 bits per heavy atom. The Morgan fingerprint density at radius 3 is 2.59 bits per heavy atom. The summed E-state index contributed by atoms with van der Waals surface area (Å²) in [5, 5.41) is 11.4. The van der Waals surface area contributed by atoms with Crippen molar-refractivity contribution in [3.05, 3.63) is 35.0 Å². The van der Waals surface area contributed by atoms with Crippen LogP contribution in [0.15, 0.2) is 24.4 Å². The maximum absolute atomic E-state index is 9.55. The number of rotatable bonds is 3. The van der Waals surface area contributed by atoms with Crippen molar-refractivity contribution in [2.75, 3.05) is 0 Å². The number of fused-ring (bicyclic) bond motifs is 1. The number of nitrogens with zero attached hydrogens (tertiary/aromatic N) is 1. The number of aromatic nitrogens is 1. The predicted octanol–water partition coefficient (Wildman–Crippen LogP) is 3.80. The third-order valence-corrected chi connectivity index (χ3v) is 3.27. The van der Waals surface area contributed by atoms with E-state index in [0.717, 1.165) is 21.5 Å². The van der Waals surface area contributed by atoms with Gasteiger partial charge in [0.25, 0.3) is 0 Å². The molecule has 0 aliphatic carbocycles. The van der Waals surface area contributed by atoms with Gasteiger partial charge in [-0.25, -0.2) is 0 Å². The summed E-state index contributed by atoms with van der Waals surface area (Å²) in [6.07, 6.45) is 2.39. The normalized spacial score (nSPS) is 13.5. The molecule has 0 aliphatic rings. The highest BCUT2D eigenvalue weighted by molar-refractivity contribution is 6.35. The Balaban J connectivity index is 2.67. The third kappa shape index (κ3) is 2.33. The SMILES string of the molecule is CC(O)Cc1cn(C(C)C)c2cccc(Cl)c12. The van der Waals surface area contributed by atoms with Crippen LogP contribution in [0, 0.1) is 0 Å². The molecule has 0 amide bonds. The van der Waals surface area contributed by atoms with Crippen LogP contribution in [0.3, 0.4) is 0 Å². The summed E-state index contributed by atoms with van der Waals surface area (Å²) in [5.74, 6) is 0. The minimum absolute atomic E-state index is 0.350. The second-order valence-electron chi connectivity index (χ2n) is 4.84. The van der Waals surface area contributed by atoms with Crippen molar-refractivity contribution in [2.24, 2.45) is 0 Å². The van der Waals surface area contributed by atoms with Gasteiger partial charge in [0.2, 0.25) is 0 Å². The third-order valence-electron chi connectivity index (χ3n) is 2.96. The molecule has 0 saturated carbocycles. The lowest BCUT2D eigenvalue weighted by molar-refractivity contribution is 0.196. The Morgan fingerprint density at radius 2 is 2.00 bits per heavy atom. The monoisotopic (exact) mass is 251 g/mol. The summed E-state index contributed by atoms with van der Waals surface area (Å²) in [4.78, 5) is 0. The fourth-order valence-electron chi connectivity index (χ4n) is 2.25. The smallest absolute Gasteiger partial charge is 0.0553 e. The number of aliphatic hydroxyl groups excluding tert-OH is 1. The molecule has 1 heterocycles. The second kappa shape index (κ2) is 4.71. The van der Waals surface area contributed by atoms with Crippen LogP contribution in [0.2, 0.25) is 5.02 Å². The second-order valence-corrected chi connectivity index (χ2v) is 5.25. The van der Waals surface area contributed by atoms with Gasteiger partial charge in [-0.15, -0.1) is 0 Å². The van der Waals surface area contributed by atoms with Crippen molar-refractivity contribution in [3.8, 4) is 0 Å². The minimum Gasteiger partial charge on any atom is -0.393 e. The van der Waals surface area contributed by atoms with Gasteiger partial charge in [0.05, 0.1) is 16.6 Å². The average molecular weight is 252 g/mol. The molecule has 3 heteroatoms. The van der Waals surface area contributed by atoms with E-state index in [1.165, 1.54) is 0 Å². The number of benzene rings is 1. The highest BCUT2D eigenvalue weighted by atomic mass is 35.5. The van der Waals surface area contributed by atoms with Crippen LogP contribution in [-0.2, 0) is 6.42 Å². The van der Waals surface area contributed by atoms with E-state index in [-0.39, 0.29) is 6.10 Å². The molecular formula is C14H18ClNO. The first-order chi connectivity index (χ1) is 8.00. The minimum atomic E-state index is -0.350. The van der Waals surface area contributed by atoms with E-state index >= 15 is 0 Å². The molecule has 2 rings (SSSR count). The van der Waals surface area contributed by atoms with Crippen LogP contribution < -0.4 is 0 Å². The van der Waals surface area contributed by atoms with Crippen molar-refractivity contribution in [3.63, 3.8) is 0 Å². The molecule has 0 spiro atoms. The lowest BCUT2D eigenvalue weighted by Gasteiger charge is -2.08. The first-order valence-corrected chi connectivity index (χ1v) is 6.34. The molecule has 0 saturated heterocycles. The van der Waals surface area contributed by atoms with Crippen LogP contribution >= 0.6 is 11.6 Å². The van der Waals surface area contributed by atoms with Crippen LogP contribution in [0.1, 0.15) is 32.4 Å². The molecule has 0 radical (unpaired) electrons. The standard InChI is InChI=1S/C14H18ClNO/c1-9(2)16-8-11(7-10(3)17)14-12(15)5-4-6-13(14)16/h4-6,8-10,17H,7H2,1-3H3. The molecule has 1 aromatic heterocycles. The van der Waals surface area contributed by atoms with E-state index in [4.69, 9.17) is 11.6 Å². The largest absolute Gasteiger partial charge is 0.393 e. The summed E-state index contributed by atoms with van der Waals surface area (Å²) in [6.45, 7) is 6.09. The molecule has 0 bridgehead atoms. The topological polar surface area (TPSA) is 25.2 Å². The number of hydrogen-bond acceptors (Lipinski definition) is 1. The number of halogens is 1. The summed E-state index contributed by atoms with van der Waals surface area (Å²) in [7, 11) is 0. The highest BCUT2D eigenvalue weighted by Gasteiger charge is 2.14. The molecule has 1 atom stereocenters. The fourth-order valence-corrected chi connectivity index (χ4v) is 2.54. The fraction of sp³-hybridized carbons (Fsp3) is 0.429. The molecule has 0 aliphatic heterocycles. The first-order valence-electron chi connectivity index (χ1n) is 5.96. The van der Waals surface area contributed by atoms with Crippen molar-refractivity contribution in [1.29, 1.82) is 0 Å². The highest BCUT2D eigenvalue weighted by Crippen LogP contribution is 2.31. The van der Waals surface area contributed by atoms with E-state index in [9.17, 15) is 5.11 Å². The van der Waals surface area contributed by atoms with Crippen LogP contribution in [-0.4, -0.2) is 15.8 Å². The maximum Gasteiger partial charge on any atom is 0.0553 e. The van der Waals surface area contributed by atoms with Gasteiger partial charge in [-0.3, -0.25) is 0 Å². The molecule has 2 aromatic rings. The Bertz CT molecular complexity index is 528. The van der Waals surface area contributed by atoms with Crippen molar-refractivity contribution >= 4 is 22.5 Å². The first kappa shape index (κ1) is 12.5. The van der Waals surface area contributed by atoms with Crippen molar-refractivity contribution in [2.45, 2.75) is 39.3 Å². The van der Waals surface area contributed by atoms with Gasteiger partial charge in [0.1, 0.15) is 0 Å². The van der Waals surface area contributed by atoms with E-state index in [1.807, 2.05) is 12.1 Å². The Labute approximate surface area is 107 Å². The maximum atomic E-state index is 9.55. The molecular weight excluding hydrogens is 234 g/mol. The van der Waals surface area contributed by atoms with Gasteiger partial charge in [0.15, 0.2) is 0 Å². The summed E-state index contributed by atoms with van der Waals surface area (Å²) < 4.78 is 2.21. The van der Waals surface area contributed by atoms with Crippen LogP contribution in [0.4, 0.5) is 0 Å².